The normalized spacial score (nSPS) is 10.6. The summed E-state index contributed by atoms with van der Waals surface area (Å²) < 4.78 is 6.11. The van der Waals surface area contributed by atoms with E-state index in [1.165, 1.54) is 6.33 Å². The zero-order valence-electron chi connectivity index (χ0n) is 11.4. The molecule has 0 aliphatic carbocycles. The Balaban J connectivity index is 1.94. The average Bonchev–Trinajstić information content (AvgIpc) is 2.54. The van der Waals surface area contributed by atoms with Crippen LogP contribution in [-0.4, -0.2) is 22.1 Å². The predicted octanol–water partition coefficient (Wildman–Crippen LogP) is 3.41. The highest BCUT2D eigenvalue weighted by Gasteiger charge is 2.10. The molecule has 1 aromatic carbocycles. The zero-order chi connectivity index (χ0) is 14.7. The van der Waals surface area contributed by atoms with E-state index in [0.717, 1.165) is 32.6 Å². The van der Waals surface area contributed by atoms with Gasteiger partial charge in [-0.2, -0.15) is 0 Å². The standard InChI is InChI=1S/C15H13BrN4O/c1-21-12-6-5-11-14(13(12)16)19-9-20-15(11)18-8-10-4-2-3-7-17-10/h2-7,9H,8H2,1H3,(H,18,19,20). The average molecular weight is 345 g/mol. The molecule has 5 nitrogen and oxygen atoms in total. The monoisotopic (exact) mass is 344 g/mol. The molecule has 0 atom stereocenters. The van der Waals surface area contributed by atoms with Crippen LogP contribution < -0.4 is 10.1 Å². The molecule has 21 heavy (non-hydrogen) atoms. The van der Waals surface area contributed by atoms with E-state index in [1.807, 2.05) is 30.3 Å². The fourth-order valence-corrected chi connectivity index (χ4v) is 2.66. The van der Waals surface area contributed by atoms with Crippen molar-refractivity contribution < 1.29 is 4.74 Å². The third-order valence-corrected chi connectivity index (χ3v) is 3.86. The van der Waals surface area contributed by atoms with Crippen LogP contribution in [0.2, 0.25) is 0 Å². The molecule has 0 fully saturated rings. The fraction of sp³-hybridized carbons (Fsp3) is 0.133. The predicted molar refractivity (Wildman–Crippen MR) is 85.4 cm³/mol. The SMILES string of the molecule is COc1ccc2c(NCc3ccccn3)ncnc2c1Br. The molecule has 3 aromatic rings. The van der Waals surface area contributed by atoms with Gasteiger partial charge in [-0.05, 0) is 40.2 Å². The molecule has 0 spiro atoms. The summed E-state index contributed by atoms with van der Waals surface area (Å²) in [4.78, 5) is 12.9. The Bertz CT molecular complexity index is 764. The number of hydrogen-bond acceptors (Lipinski definition) is 5. The summed E-state index contributed by atoms with van der Waals surface area (Å²) in [6.07, 6.45) is 3.31. The van der Waals surface area contributed by atoms with Gasteiger partial charge in [-0.1, -0.05) is 6.07 Å². The maximum Gasteiger partial charge on any atom is 0.137 e. The summed E-state index contributed by atoms with van der Waals surface area (Å²) >= 11 is 3.52. The lowest BCUT2D eigenvalue weighted by atomic mass is 10.2. The van der Waals surface area contributed by atoms with Gasteiger partial charge >= 0.3 is 0 Å². The molecular weight excluding hydrogens is 332 g/mol. The van der Waals surface area contributed by atoms with Gasteiger partial charge in [0.15, 0.2) is 0 Å². The molecular formula is C15H13BrN4O. The highest BCUT2D eigenvalue weighted by atomic mass is 79.9. The highest BCUT2D eigenvalue weighted by molar-refractivity contribution is 9.10. The third-order valence-electron chi connectivity index (χ3n) is 3.09. The van der Waals surface area contributed by atoms with Crippen LogP contribution in [0.4, 0.5) is 5.82 Å². The molecule has 106 valence electrons. The Kier molecular flexibility index (Phi) is 3.96. The summed E-state index contributed by atoms with van der Waals surface area (Å²) in [5.74, 6) is 1.52. The quantitative estimate of drug-likeness (QED) is 0.785. The van der Waals surface area contributed by atoms with Crippen LogP contribution in [0.25, 0.3) is 10.9 Å². The van der Waals surface area contributed by atoms with E-state index in [2.05, 4.69) is 36.2 Å². The van der Waals surface area contributed by atoms with Crippen molar-refractivity contribution in [1.29, 1.82) is 0 Å². The summed E-state index contributed by atoms with van der Waals surface area (Å²) in [7, 11) is 1.63. The number of pyridine rings is 1. The van der Waals surface area contributed by atoms with E-state index < -0.39 is 0 Å². The number of nitrogens with one attached hydrogen (secondary N) is 1. The Labute approximate surface area is 130 Å². The minimum Gasteiger partial charge on any atom is -0.495 e. The topological polar surface area (TPSA) is 59.9 Å². The number of methoxy groups -OCH3 is 1. The number of aromatic nitrogens is 3. The van der Waals surface area contributed by atoms with Crippen molar-refractivity contribution in [2.24, 2.45) is 0 Å². The van der Waals surface area contributed by atoms with E-state index in [1.54, 1.807) is 13.3 Å². The smallest absolute Gasteiger partial charge is 0.137 e. The first-order valence-corrected chi connectivity index (χ1v) is 7.20. The first kappa shape index (κ1) is 13.8. The number of hydrogen-bond donors (Lipinski definition) is 1. The number of nitrogens with zero attached hydrogens (tertiary/aromatic N) is 3. The van der Waals surface area contributed by atoms with Gasteiger partial charge < -0.3 is 10.1 Å². The highest BCUT2D eigenvalue weighted by Crippen LogP contribution is 2.33. The van der Waals surface area contributed by atoms with Crippen LogP contribution >= 0.6 is 15.9 Å². The van der Waals surface area contributed by atoms with Gasteiger partial charge in [0.2, 0.25) is 0 Å². The van der Waals surface area contributed by atoms with E-state index in [-0.39, 0.29) is 0 Å². The van der Waals surface area contributed by atoms with Crippen LogP contribution in [0.5, 0.6) is 5.75 Å². The molecule has 0 aliphatic heterocycles. The minimum absolute atomic E-state index is 0.608. The van der Waals surface area contributed by atoms with Crippen LogP contribution in [0, 0.1) is 0 Å². The van der Waals surface area contributed by atoms with Gasteiger partial charge in [-0.3, -0.25) is 4.98 Å². The Hall–Kier alpha value is -2.21. The second-order valence-electron chi connectivity index (χ2n) is 4.37. The van der Waals surface area contributed by atoms with Crippen molar-refractivity contribution in [3.63, 3.8) is 0 Å². The maximum absolute atomic E-state index is 5.28. The van der Waals surface area contributed by atoms with Gasteiger partial charge in [0.05, 0.1) is 29.3 Å². The van der Waals surface area contributed by atoms with Crippen LogP contribution in [-0.2, 0) is 6.54 Å². The lowest BCUT2D eigenvalue weighted by molar-refractivity contribution is 0.413. The minimum atomic E-state index is 0.608. The Morgan fingerprint density at radius 3 is 2.81 bits per heavy atom. The first-order chi connectivity index (χ1) is 10.3. The Morgan fingerprint density at radius 2 is 2.05 bits per heavy atom. The van der Waals surface area contributed by atoms with Gasteiger partial charge in [0.25, 0.3) is 0 Å². The molecule has 2 heterocycles. The number of halogens is 1. The van der Waals surface area contributed by atoms with E-state index in [4.69, 9.17) is 4.74 Å². The van der Waals surface area contributed by atoms with Crippen LogP contribution in [0.1, 0.15) is 5.69 Å². The molecule has 0 saturated carbocycles. The number of rotatable bonds is 4. The fourth-order valence-electron chi connectivity index (χ4n) is 2.05. The van der Waals surface area contributed by atoms with Crippen molar-refractivity contribution in [3.8, 4) is 5.75 Å². The number of fused-ring (bicyclic) bond motifs is 1. The second kappa shape index (κ2) is 6.05. The summed E-state index contributed by atoms with van der Waals surface area (Å²) in [6.45, 7) is 0.608. The van der Waals surface area contributed by atoms with E-state index in [9.17, 15) is 0 Å². The molecule has 6 heteroatoms. The summed E-state index contributed by atoms with van der Waals surface area (Å²) in [6, 6.07) is 9.66. The molecule has 0 bridgehead atoms. The van der Waals surface area contributed by atoms with Crippen molar-refractivity contribution in [2.45, 2.75) is 6.54 Å². The van der Waals surface area contributed by atoms with E-state index >= 15 is 0 Å². The lowest BCUT2D eigenvalue weighted by Crippen LogP contribution is -2.04. The van der Waals surface area contributed by atoms with Crippen molar-refractivity contribution in [3.05, 3.63) is 53.0 Å². The largest absolute Gasteiger partial charge is 0.495 e. The number of benzene rings is 1. The molecule has 1 N–H and O–H groups in total. The Morgan fingerprint density at radius 1 is 1.14 bits per heavy atom. The molecule has 0 saturated heterocycles. The van der Waals surface area contributed by atoms with Crippen LogP contribution in [0.3, 0.4) is 0 Å². The van der Waals surface area contributed by atoms with E-state index in [0.29, 0.717) is 6.54 Å². The van der Waals surface area contributed by atoms with Crippen molar-refractivity contribution >= 4 is 32.7 Å². The molecule has 0 unspecified atom stereocenters. The van der Waals surface area contributed by atoms with Gasteiger partial charge in [-0.25, -0.2) is 9.97 Å². The zero-order valence-corrected chi connectivity index (χ0v) is 13.0. The third kappa shape index (κ3) is 2.80. The second-order valence-corrected chi connectivity index (χ2v) is 5.17. The van der Waals surface area contributed by atoms with Gasteiger partial charge in [-0.15, -0.1) is 0 Å². The molecule has 3 rings (SSSR count). The lowest BCUT2D eigenvalue weighted by Gasteiger charge is -2.10. The molecule has 0 radical (unpaired) electrons. The van der Waals surface area contributed by atoms with Crippen molar-refractivity contribution in [1.82, 2.24) is 15.0 Å². The van der Waals surface area contributed by atoms with Gasteiger partial charge in [0, 0.05) is 11.6 Å². The number of anilines is 1. The van der Waals surface area contributed by atoms with Crippen LogP contribution in [0.15, 0.2) is 47.3 Å². The maximum atomic E-state index is 5.28. The van der Waals surface area contributed by atoms with Crippen molar-refractivity contribution in [2.75, 3.05) is 12.4 Å². The van der Waals surface area contributed by atoms with Gasteiger partial charge in [0.1, 0.15) is 17.9 Å². The summed E-state index contributed by atoms with van der Waals surface area (Å²) in [5, 5.41) is 4.22. The molecule has 0 aliphatic rings. The molecule has 0 amide bonds. The first-order valence-electron chi connectivity index (χ1n) is 6.40. The summed E-state index contributed by atoms with van der Waals surface area (Å²) in [5.41, 5.74) is 1.77. The molecule has 2 aromatic heterocycles. The number of ether oxygens (including phenoxy) is 1.